The average Bonchev–Trinajstić information content (AvgIpc) is 2.87. The standard InChI is InChI=1S/C14H16O2/c15-13(16)9-14(6-7-14)12-5-4-10-2-1-3-11(10)8-12/h4-5,8H,1-3,6-7,9H2,(H,15,16). The fourth-order valence-electron chi connectivity index (χ4n) is 2.91. The number of hydrogen-bond donors (Lipinski definition) is 1. The molecule has 2 aliphatic carbocycles. The molecule has 0 spiro atoms. The van der Waals surface area contributed by atoms with Crippen molar-refractivity contribution >= 4 is 5.97 Å². The predicted octanol–water partition coefficient (Wildman–Crippen LogP) is 2.68. The minimum absolute atomic E-state index is 0.0244. The molecule has 0 radical (unpaired) electrons. The molecule has 16 heavy (non-hydrogen) atoms. The normalized spacial score (nSPS) is 20.5. The Hall–Kier alpha value is -1.31. The number of hydrogen-bond acceptors (Lipinski definition) is 1. The smallest absolute Gasteiger partial charge is 0.304 e. The van der Waals surface area contributed by atoms with E-state index in [1.807, 2.05) is 0 Å². The molecule has 1 aromatic rings. The molecular formula is C14H16O2. The van der Waals surface area contributed by atoms with E-state index in [9.17, 15) is 4.79 Å². The highest BCUT2D eigenvalue weighted by Crippen LogP contribution is 2.51. The van der Waals surface area contributed by atoms with E-state index in [1.54, 1.807) is 0 Å². The van der Waals surface area contributed by atoms with Crippen molar-refractivity contribution in [2.75, 3.05) is 0 Å². The van der Waals surface area contributed by atoms with Gasteiger partial charge in [-0.3, -0.25) is 4.79 Å². The van der Waals surface area contributed by atoms with Crippen LogP contribution in [-0.4, -0.2) is 11.1 Å². The molecule has 1 saturated carbocycles. The Bertz CT molecular complexity index is 444. The van der Waals surface area contributed by atoms with Crippen LogP contribution in [0.5, 0.6) is 0 Å². The van der Waals surface area contributed by atoms with Crippen molar-refractivity contribution in [3.8, 4) is 0 Å². The Morgan fingerprint density at radius 1 is 1.25 bits per heavy atom. The van der Waals surface area contributed by atoms with Gasteiger partial charge in [-0.1, -0.05) is 18.2 Å². The molecule has 0 bridgehead atoms. The minimum Gasteiger partial charge on any atom is -0.481 e. The zero-order chi connectivity index (χ0) is 11.2. The second-order valence-electron chi connectivity index (χ2n) is 5.19. The van der Waals surface area contributed by atoms with Gasteiger partial charge in [0.25, 0.3) is 0 Å². The molecule has 0 atom stereocenters. The molecule has 1 N–H and O–H groups in total. The van der Waals surface area contributed by atoms with Crippen LogP contribution in [0.3, 0.4) is 0 Å². The number of carboxylic acids is 1. The highest BCUT2D eigenvalue weighted by Gasteiger charge is 2.46. The maximum Gasteiger partial charge on any atom is 0.304 e. The molecule has 0 saturated heterocycles. The fraction of sp³-hybridized carbons (Fsp3) is 0.500. The molecule has 0 heterocycles. The fourth-order valence-corrected chi connectivity index (χ4v) is 2.91. The van der Waals surface area contributed by atoms with E-state index in [0.29, 0.717) is 6.42 Å². The van der Waals surface area contributed by atoms with Gasteiger partial charge in [0.2, 0.25) is 0 Å². The van der Waals surface area contributed by atoms with Crippen molar-refractivity contribution < 1.29 is 9.90 Å². The second kappa shape index (κ2) is 3.34. The van der Waals surface area contributed by atoms with Crippen LogP contribution in [0.25, 0.3) is 0 Å². The van der Waals surface area contributed by atoms with Gasteiger partial charge in [-0.25, -0.2) is 0 Å². The first-order valence-electron chi connectivity index (χ1n) is 6.04. The van der Waals surface area contributed by atoms with Gasteiger partial charge < -0.3 is 5.11 Å². The van der Waals surface area contributed by atoms with Crippen molar-refractivity contribution in [3.05, 3.63) is 34.9 Å². The third-order valence-electron chi connectivity index (χ3n) is 4.05. The van der Waals surface area contributed by atoms with E-state index in [0.717, 1.165) is 12.8 Å². The minimum atomic E-state index is -0.669. The lowest BCUT2D eigenvalue weighted by atomic mass is 9.90. The second-order valence-corrected chi connectivity index (χ2v) is 5.19. The number of aryl methyl sites for hydroxylation is 2. The molecule has 1 fully saturated rings. The first-order valence-corrected chi connectivity index (χ1v) is 6.04. The molecule has 2 aliphatic rings. The van der Waals surface area contributed by atoms with E-state index in [1.165, 1.54) is 36.0 Å². The van der Waals surface area contributed by atoms with Gasteiger partial charge in [0.15, 0.2) is 0 Å². The summed E-state index contributed by atoms with van der Waals surface area (Å²) in [6.07, 6.45) is 6.00. The zero-order valence-corrected chi connectivity index (χ0v) is 9.33. The molecule has 0 aromatic heterocycles. The summed E-state index contributed by atoms with van der Waals surface area (Å²) in [7, 11) is 0. The van der Waals surface area contributed by atoms with Gasteiger partial charge in [0.1, 0.15) is 0 Å². The summed E-state index contributed by atoms with van der Waals surface area (Å²) < 4.78 is 0. The van der Waals surface area contributed by atoms with Crippen molar-refractivity contribution in [1.29, 1.82) is 0 Å². The molecule has 2 heteroatoms. The molecule has 0 unspecified atom stereocenters. The van der Waals surface area contributed by atoms with Crippen LogP contribution in [0.1, 0.15) is 42.4 Å². The van der Waals surface area contributed by atoms with Gasteiger partial charge in [-0.05, 0) is 48.8 Å². The summed E-state index contributed by atoms with van der Waals surface area (Å²) in [4.78, 5) is 10.9. The largest absolute Gasteiger partial charge is 0.481 e. The topological polar surface area (TPSA) is 37.3 Å². The molecule has 84 valence electrons. The van der Waals surface area contributed by atoms with Gasteiger partial charge in [0, 0.05) is 5.41 Å². The first-order chi connectivity index (χ1) is 7.70. The predicted molar refractivity (Wildman–Crippen MR) is 61.6 cm³/mol. The molecular weight excluding hydrogens is 200 g/mol. The van der Waals surface area contributed by atoms with Crippen LogP contribution >= 0.6 is 0 Å². The first kappa shape index (κ1) is 9.88. The van der Waals surface area contributed by atoms with Crippen molar-refractivity contribution in [3.63, 3.8) is 0 Å². The lowest BCUT2D eigenvalue weighted by Crippen LogP contribution is -2.13. The number of aliphatic carboxylic acids is 1. The Kier molecular flexibility index (Phi) is 2.06. The summed E-state index contributed by atoms with van der Waals surface area (Å²) in [6, 6.07) is 6.62. The number of fused-ring (bicyclic) bond motifs is 1. The van der Waals surface area contributed by atoms with Gasteiger partial charge >= 0.3 is 5.97 Å². The maximum atomic E-state index is 10.9. The summed E-state index contributed by atoms with van der Waals surface area (Å²) in [5.41, 5.74) is 4.16. The zero-order valence-electron chi connectivity index (χ0n) is 9.33. The van der Waals surface area contributed by atoms with E-state index < -0.39 is 5.97 Å². The SMILES string of the molecule is O=C(O)CC1(c2ccc3c(c2)CCC3)CC1. The van der Waals surface area contributed by atoms with Crippen LogP contribution in [0.15, 0.2) is 18.2 Å². The van der Waals surface area contributed by atoms with Gasteiger partial charge in [-0.2, -0.15) is 0 Å². The van der Waals surface area contributed by atoms with Crippen LogP contribution < -0.4 is 0 Å². The van der Waals surface area contributed by atoms with Crippen LogP contribution in [0.4, 0.5) is 0 Å². The molecule has 2 nitrogen and oxygen atoms in total. The summed E-state index contributed by atoms with van der Waals surface area (Å²) in [6.45, 7) is 0. The van der Waals surface area contributed by atoms with E-state index in [2.05, 4.69) is 18.2 Å². The van der Waals surface area contributed by atoms with Crippen LogP contribution in [0.2, 0.25) is 0 Å². The lowest BCUT2D eigenvalue weighted by molar-refractivity contribution is -0.137. The average molecular weight is 216 g/mol. The van der Waals surface area contributed by atoms with Crippen molar-refractivity contribution in [2.45, 2.75) is 43.9 Å². The summed E-state index contributed by atoms with van der Waals surface area (Å²) >= 11 is 0. The highest BCUT2D eigenvalue weighted by molar-refractivity contribution is 5.70. The van der Waals surface area contributed by atoms with Crippen LogP contribution in [0, 0.1) is 0 Å². The van der Waals surface area contributed by atoms with Gasteiger partial charge in [-0.15, -0.1) is 0 Å². The monoisotopic (exact) mass is 216 g/mol. The van der Waals surface area contributed by atoms with E-state index >= 15 is 0 Å². The summed E-state index contributed by atoms with van der Waals surface area (Å²) in [5.74, 6) is -0.669. The Labute approximate surface area is 95.3 Å². The molecule has 1 aromatic carbocycles. The van der Waals surface area contributed by atoms with E-state index in [4.69, 9.17) is 5.11 Å². The third-order valence-corrected chi connectivity index (χ3v) is 4.05. The Morgan fingerprint density at radius 3 is 2.69 bits per heavy atom. The lowest BCUT2D eigenvalue weighted by Gasteiger charge is -2.14. The molecule has 3 rings (SSSR count). The van der Waals surface area contributed by atoms with Crippen molar-refractivity contribution in [1.82, 2.24) is 0 Å². The van der Waals surface area contributed by atoms with Crippen molar-refractivity contribution in [2.24, 2.45) is 0 Å². The Morgan fingerprint density at radius 2 is 2.00 bits per heavy atom. The number of carbonyl (C=O) groups is 1. The van der Waals surface area contributed by atoms with E-state index in [-0.39, 0.29) is 5.41 Å². The van der Waals surface area contributed by atoms with Crippen LogP contribution in [-0.2, 0) is 23.1 Å². The quantitative estimate of drug-likeness (QED) is 0.843. The third kappa shape index (κ3) is 1.53. The summed E-state index contributed by atoms with van der Waals surface area (Å²) in [5, 5.41) is 8.94. The highest BCUT2D eigenvalue weighted by atomic mass is 16.4. The molecule has 0 aliphatic heterocycles. The Balaban J connectivity index is 1.92. The molecule has 0 amide bonds. The maximum absolute atomic E-state index is 10.9. The number of carboxylic acid groups (broad SMARTS) is 1. The number of benzene rings is 1. The van der Waals surface area contributed by atoms with Gasteiger partial charge in [0.05, 0.1) is 6.42 Å². The number of rotatable bonds is 3.